The van der Waals surface area contributed by atoms with Crippen molar-refractivity contribution in [2.24, 2.45) is 0 Å². The van der Waals surface area contributed by atoms with Gasteiger partial charge in [-0.15, -0.1) is 0 Å². The summed E-state index contributed by atoms with van der Waals surface area (Å²) in [6, 6.07) is 17.3. The molecule has 0 amide bonds. The first-order valence-electron chi connectivity index (χ1n) is 8.93. The molecule has 3 heteroatoms. The lowest BCUT2D eigenvalue weighted by Gasteiger charge is -2.39. The molecule has 4 rings (SSSR count). The number of para-hydroxylation sites is 1. The van der Waals surface area contributed by atoms with E-state index in [4.69, 9.17) is 4.74 Å². The molecule has 0 saturated carbocycles. The van der Waals surface area contributed by atoms with E-state index >= 15 is 0 Å². The summed E-state index contributed by atoms with van der Waals surface area (Å²) in [4.78, 5) is 4.54. The highest BCUT2D eigenvalue weighted by molar-refractivity contribution is 5.70. The fraction of sp³-hybridized carbons (Fsp3) is 0.364. The third kappa shape index (κ3) is 2.30. The Balaban J connectivity index is 1.71. The Morgan fingerprint density at radius 3 is 2.48 bits per heavy atom. The molecule has 1 atom stereocenters. The fourth-order valence-electron chi connectivity index (χ4n) is 4.22. The van der Waals surface area contributed by atoms with Crippen LogP contribution in [0.15, 0.2) is 54.6 Å². The zero-order valence-electron chi connectivity index (χ0n) is 15.5. The van der Waals surface area contributed by atoms with Gasteiger partial charge in [0.25, 0.3) is 0 Å². The number of anilines is 2. The van der Waals surface area contributed by atoms with E-state index in [1.165, 1.54) is 22.5 Å². The summed E-state index contributed by atoms with van der Waals surface area (Å²) >= 11 is 0. The van der Waals surface area contributed by atoms with Crippen LogP contribution in [-0.2, 0) is 10.2 Å². The molecule has 130 valence electrons. The zero-order valence-corrected chi connectivity index (χ0v) is 15.5. The van der Waals surface area contributed by atoms with Crippen LogP contribution in [-0.4, -0.2) is 33.0 Å². The van der Waals surface area contributed by atoms with Crippen molar-refractivity contribution in [1.82, 2.24) is 0 Å². The van der Waals surface area contributed by atoms with E-state index in [9.17, 15) is 0 Å². The Hall–Kier alpha value is -2.26. The molecule has 1 unspecified atom stereocenters. The van der Waals surface area contributed by atoms with Crippen molar-refractivity contribution in [3.63, 3.8) is 0 Å². The number of fused-ring (bicyclic) bond motifs is 3. The van der Waals surface area contributed by atoms with E-state index in [1.807, 2.05) is 0 Å². The van der Waals surface area contributed by atoms with Gasteiger partial charge in [-0.2, -0.15) is 0 Å². The number of rotatable bonds is 3. The van der Waals surface area contributed by atoms with Crippen molar-refractivity contribution in [2.45, 2.75) is 25.0 Å². The van der Waals surface area contributed by atoms with E-state index in [1.54, 1.807) is 0 Å². The molecular weight excluding hydrogens is 308 g/mol. The van der Waals surface area contributed by atoms with E-state index in [0.29, 0.717) is 0 Å². The summed E-state index contributed by atoms with van der Waals surface area (Å²) in [5.41, 5.74) is 4.57. The Morgan fingerprint density at radius 2 is 1.76 bits per heavy atom. The lowest BCUT2D eigenvalue weighted by Crippen LogP contribution is -2.51. The fourth-order valence-corrected chi connectivity index (χ4v) is 4.22. The maximum atomic E-state index is 6.38. The molecule has 2 aromatic carbocycles. The van der Waals surface area contributed by atoms with E-state index in [2.05, 4.69) is 98.4 Å². The normalized spacial score (nSPS) is 23.8. The number of benzene rings is 2. The van der Waals surface area contributed by atoms with Gasteiger partial charge >= 0.3 is 0 Å². The quantitative estimate of drug-likeness (QED) is 0.833. The minimum atomic E-state index is -0.406. The Kier molecular flexibility index (Phi) is 3.66. The molecule has 2 aliphatic heterocycles. The predicted molar refractivity (Wildman–Crippen MR) is 105 cm³/mol. The Bertz CT molecular complexity index is 807. The van der Waals surface area contributed by atoms with Gasteiger partial charge < -0.3 is 14.5 Å². The van der Waals surface area contributed by atoms with Crippen molar-refractivity contribution in [3.8, 4) is 0 Å². The van der Waals surface area contributed by atoms with Gasteiger partial charge in [-0.3, -0.25) is 0 Å². The average Bonchev–Trinajstić information content (AvgIpc) is 3.12. The molecule has 1 fully saturated rings. The Morgan fingerprint density at radius 1 is 1.04 bits per heavy atom. The molecule has 2 heterocycles. The van der Waals surface area contributed by atoms with Gasteiger partial charge in [0.1, 0.15) is 0 Å². The second kappa shape index (κ2) is 5.63. The maximum absolute atomic E-state index is 6.38. The predicted octanol–water partition coefficient (Wildman–Crippen LogP) is 4.29. The molecule has 0 aromatic heterocycles. The summed E-state index contributed by atoms with van der Waals surface area (Å²) in [7, 11) is 4.12. The lowest BCUT2D eigenvalue weighted by atomic mass is 9.77. The van der Waals surface area contributed by atoms with E-state index in [-0.39, 0.29) is 5.41 Å². The average molecular weight is 334 g/mol. The number of ether oxygens (including phenoxy) is 1. The van der Waals surface area contributed by atoms with Gasteiger partial charge in [-0.1, -0.05) is 50.3 Å². The largest absolute Gasteiger partial charge is 0.378 e. The number of hydrogen-bond donors (Lipinski definition) is 0. The third-order valence-electron chi connectivity index (χ3n) is 5.71. The van der Waals surface area contributed by atoms with Crippen LogP contribution < -0.4 is 9.80 Å². The molecule has 0 radical (unpaired) electrons. The van der Waals surface area contributed by atoms with Gasteiger partial charge in [0.15, 0.2) is 5.72 Å². The van der Waals surface area contributed by atoms with Crippen LogP contribution in [0.1, 0.15) is 25.0 Å². The molecule has 0 N–H and O–H groups in total. The van der Waals surface area contributed by atoms with Crippen molar-refractivity contribution < 1.29 is 4.74 Å². The van der Waals surface area contributed by atoms with Crippen molar-refractivity contribution >= 4 is 17.5 Å². The first-order chi connectivity index (χ1) is 12.0. The van der Waals surface area contributed by atoms with Crippen LogP contribution in [0.4, 0.5) is 11.4 Å². The van der Waals surface area contributed by atoms with Gasteiger partial charge in [-0.05, 0) is 35.4 Å². The molecule has 0 aliphatic carbocycles. The second-order valence-electron chi connectivity index (χ2n) is 7.66. The van der Waals surface area contributed by atoms with Crippen LogP contribution in [0.5, 0.6) is 0 Å². The molecule has 2 aliphatic rings. The third-order valence-corrected chi connectivity index (χ3v) is 5.71. The first kappa shape index (κ1) is 16.2. The van der Waals surface area contributed by atoms with Crippen LogP contribution in [0.25, 0.3) is 6.08 Å². The summed E-state index contributed by atoms with van der Waals surface area (Å²) in [6.45, 7) is 6.28. The van der Waals surface area contributed by atoms with Crippen LogP contribution >= 0.6 is 0 Å². The number of hydrogen-bond acceptors (Lipinski definition) is 3. The van der Waals surface area contributed by atoms with Crippen molar-refractivity contribution in [1.29, 1.82) is 0 Å². The zero-order chi connectivity index (χ0) is 17.7. The highest BCUT2D eigenvalue weighted by atomic mass is 16.5. The highest BCUT2D eigenvalue weighted by Gasteiger charge is 2.58. The molecule has 0 bridgehead atoms. The summed E-state index contributed by atoms with van der Waals surface area (Å²) in [5.74, 6) is 0. The van der Waals surface area contributed by atoms with Crippen molar-refractivity contribution in [3.05, 3.63) is 65.7 Å². The number of nitrogens with zero attached hydrogens (tertiary/aromatic N) is 2. The second-order valence-corrected chi connectivity index (χ2v) is 7.66. The minimum absolute atomic E-state index is 0.0971. The topological polar surface area (TPSA) is 15.7 Å². The molecular formula is C22H26N2O. The maximum Gasteiger partial charge on any atom is 0.170 e. The van der Waals surface area contributed by atoms with Gasteiger partial charge in [0.05, 0.1) is 6.61 Å². The Labute approximate surface area is 150 Å². The molecule has 0 spiro atoms. The smallest absolute Gasteiger partial charge is 0.170 e. The summed E-state index contributed by atoms with van der Waals surface area (Å²) in [5, 5.41) is 0. The first-order valence-corrected chi connectivity index (χ1v) is 8.93. The molecule has 2 aromatic rings. The lowest BCUT2D eigenvalue weighted by molar-refractivity contribution is 0.000337. The standard InChI is InChI=1S/C22H26N2O/c1-21(2)19-7-5-6-8-20(19)24-15-16-25-22(21,24)14-13-17-9-11-18(12-10-17)23(3)4/h5-14H,15-16H2,1-4H3/b14-13+. The van der Waals surface area contributed by atoms with Crippen molar-refractivity contribution in [2.75, 3.05) is 37.0 Å². The van der Waals surface area contributed by atoms with Crippen LogP contribution in [0.3, 0.4) is 0 Å². The van der Waals surface area contributed by atoms with Gasteiger partial charge in [0, 0.05) is 37.4 Å². The monoisotopic (exact) mass is 334 g/mol. The van der Waals surface area contributed by atoms with E-state index < -0.39 is 5.72 Å². The van der Waals surface area contributed by atoms with Gasteiger partial charge in [-0.25, -0.2) is 0 Å². The van der Waals surface area contributed by atoms with Gasteiger partial charge in [0.2, 0.25) is 0 Å². The molecule has 1 saturated heterocycles. The van der Waals surface area contributed by atoms with Crippen LogP contribution in [0, 0.1) is 0 Å². The molecule has 25 heavy (non-hydrogen) atoms. The van der Waals surface area contributed by atoms with E-state index in [0.717, 1.165) is 13.2 Å². The highest BCUT2D eigenvalue weighted by Crippen LogP contribution is 2.54. The SMILES string of the molecule is CN(C)c1ccc(/C=C/C23OCCN2c2ccccc2C3(C)C)cc1. The molecule has 3 nitrogen and oxygen atoms in total. The summed E-state index contributed by atoms with van der Waals surface area (Å²) in [6.07, 6.45) is 4.45. The minimum Gasteiger partial charge on any atom is -0.378 e. The summed E-state index contributed by atoms with van der Waals surface area (Å²) < 4.78 is 6.38. The van der Waals surface area contributed by atoms with Crippen LogP contribution in [0.2, 0.25) is 0 Å².